The largest absolute Gasteiger partial charge is 0.489 e. The van der Waals surface area contributed by atoms with Crippen molar-refractivity contribution in [2.45, 2.75) is 13.3 Å². The Labute approximate surface area is 201 Å². The van der Waals surface area contributed by atoms with Crippen molar-refractivity contribution in [2.75, 3.05) is 38.4 Å². The Morgan fingerprint density at radius 3 is 2.82 bits per heavy atom. The van der Waals surface area contributed by atoms with Gasteiger partial charge in [-0.05, 0) is 36.3 Å². The van der Waals surface area contributed by atoms with Crippen molar-refractivity contribution >= 4 is 35.4 Å². The highest BCUT2D eigenvalue weighted by molar-refractivity contribution is 6.46. The Morgan fingerprint density at radius 2 is 2.09 bits per heavy atom. The number of aliphatic hydroxyl groups is 1. The van der Waals surface area contributed by atoms with Crippen LogP contribution in [-0.2, 0) is 9.53 Å². The minimum atomic E-state index is -0.546. The first-order valence-corrected chi connectivity index (χ1v) is 10.7. The Balaban J connectivity index is 0.00000199. The van der Waals surface area contributed by atoms with Gasteiger partial charge in [-0.2, -0.15) is 0 Å². The lowest BCUT2D eigenvalue weighted by Gasteiger charge is -2.19. The summed E-state index contributed by atoms with van der Waals surface area (Å²) in [5.74, 6) is -0.968. The van der Waals surface area contributed by atoms with E-state index in [2.05, 4.69) is 10.3 Å². The molecule has 0 atom stereocenters. The van der Waals surface area contributed by atoms with E-state index in [9.17, 15) is 18.4 Å². The number of anilines is 1. The van der Waals surface area contributed by atoms with E-state index in [0.717, 1.165) is 11.1 Å². The monoisotopic (exact) mass is 493 g/mol. The van der Waals surface area contributed by atoms with Gasteiger partial charge in [0.15, 0.2) is 0 Å². The fraction of sp³-hybridized carbons (Fsp3) is 0.292. The first-order chi connectivity index (χ1) is 16.4. The number of carbonyl (C=O) groups is 2. The molecule has 1 aromatic carbocycles. The quantitative estimate of drug-likeness (QED) is 0.603. The second-order valence-electron chi connectivity index (χ2n) is 7.10. The fourth-order valence-electron chi connectivity index (χ4n) is 3.03. The van der Waals surface area contributed by atoms with Crippen LogP contribution >= 0.6 is 11.6 Å². The van der Waals surface area contributed by atoms with Gasteiger partial charge in [-0.15, -0.1) is 0 Å². The molecular weight excluding hydrogens is 468 g/mol. The molecule has 0 radical (unpaired) electrons. The zero-order valence-electron chi connectivity index (χ0n) is 18.9. The normalized spacial score (nSPS) is 15.6. The van der Waals surface area contributed by atoms with Gasteiger partial charge < -0.3 is 15.2 Å². The van der Waals surface area contributed by atoms with Crippen molar-refractivity contribution < 1.29 is 28.2 Å². The molecular formula is C24H26ClF2N3O4. The maximum atomic E-state index is 13.3. The molecule has 0 unspecified atom stereocenters. The molecule has 0 bridgehead atoms. The molecule has 2 aliphatic rings. The van der Waals surface area contributed by atoms with Crippen LogP contribution in [0.5, 0.6) is 0 Å². The standard InChI is InChI=1S/C23H23ClFN3O4.CH3F/c1-15-5-7-17(22(30)27-9-10-29)11-19(15)28-14-26-12-20(21(24)23(28)31)32-13-16-3-2-4-18(25)8-6-16;1-2/h2-3,5-8,11,14,29H,4,9-10,12-13H2,1H3,(H,27,30);1H3. The van der Waals surface area contributed by atoms with E-state index < -0.39 is 5.91 Å². The van der Waals surface area contributed by atoms with Crippen LogP contribution < -0.4 is 10.2 Å². The molecule has 0 saturated heterocycles. The van der Waals surface area contributed by atoms with E-state index in [0.29, 0.717) is 18.4 Å². The third kappa shape index (κ3) is 7.10. The van der Waals surface area contributed by atoms with Crippen LogP contribution in [0.15, 0.2) is 69.7 Å². The Hall–Kier alpha value is -3.30. The van der Waals surface area contributed by atoms with E-state index in [1.165, 1.54) is 17.3 Å². The highest BCUT2D eigenvalue weighted by Gasteiger charge is 2.26. The van der Waals surface area contributed by atoms with E-state index in [1.807, 2.05) is 0 Å². The van der Waals surface area contributed by atoms with E-state index in [4.69, 9.17) is 21.4 Å². The number of ether oxygens (including phenoxy) is 1. The summed E-state index contributed by atoms with van der Waals surface area (Å²) in [4.78, 5) is 30.8. The average Bonchev–Trinajstić information content (AvgIpc) is 3.14. The average molecular weight is 494 g/mol. The molecule has 3 rings (SSSR count). The van der Waals surface area contributed by atoms with Gasteiger partial charge in [-0.25, -0.2) is 4.39 Å². The van der Waals surface area contributed by atoms with Crippen molar-refractivity contribution in [3.8, 4) is 0 Å². The minimum absolute atomic E-state index is 0.0536. The van der Waals surface area contributed by atoms with Crippen molar-refractivity contribution in [2.24, 2.45) is 4.99 Å². The van der Waals surface area contributed by atoms with E-state index in [1.54, 1.807) is 43.4 Å². The summed E-state index contributed by atoms with van der Waals surface area (Å²) in [6.45, 7) is 1.90. The number of amides is 2. The number of rotatable bonds is 7. The molecule has 10 heteroatoms. The number of aliphatic imine (C=N–C) groups is 1. The van der Waals surface area contributed by atoms with Crippen LogP contribution in [0.1, 0.15) is 22.3 Å². The molecule has 0 fully saturated rings. The lowest BCUT2D eigenvalue weighted by Crippen LogP contribution is -2.31. The lowest BCUT2D eigenvalue weighted by molar-refractivity contribution is -0.113. The second kappa shape index (κ2) is 13.4. The van der Waals surface area contributed by atoms with Gasteiger partial charge in [0.05, 0.1) is 32.4 Å². The fourth-order valence-corrected chi connectivity index (χ4v) is 3.23. The molecule has 1 aromatic rings. The van der Waals surface area contributed by atoms with Crippen molar-refractivity contribution in [1.29, 1.82) is 0 Å². The van der Waals surface area contributed by atoms with Crippen molar-refractivity contribution in [1.82, 2.24) is 5.32 Å². The SMILES string of the molecule is CF.Cc1ccc(C(=O)NCCO)cc1N1C=NCC(OCC2=CC=C(F)CC=C2)=C(Cl)C1=O. The predicted octanol–water partition coefficient (Wildman–Crippen LogP) is 3.88. The summed E-state index contributed by atoms with van der Waals surface area (Å²) >= 11 is 6.35. The van der Waals surface area contributed by atoms with Crippen LogP contribution in [0.2, 0.25) is 0 Å². The highest BCUT2D eigenvalue weighted by atomic mass is 35.5. The molecule has 0 saturated carbocycles. The number of allylic oxidation sites excluding steroid dienone is 4. The summed E-state index contributed by atoms with van der Waals surface area (Å²) < 4.78 is 28.6. The van der Waals surface area contributed by atoms with Gasteiger partial charge in [0, 0.05) is 18.5 Å². The molecule has 2 N–H and O–H groups in total. The maximum absolute atomic E-state index is 13.3. The number of nitrogens with one attached hydrogen (secondary N) is 1. The number of hydrogen-bond donors (Lipinski definition) is 2. The molecule has 0 aromatic heterocycles. The Morgan fingerprint density at radius 1 is 1.32 bits per heavy atom. The van der Waals surface area contributed by atoms with E-state index in [-0.39, 0.29) is 55.2 Å². The van der Waals surface area contributed by atoms with Gasteiger partial charge >= 0.3 is 0 Å². The first-order valence-electron chi connectivity index (χ1n) is 10.3. The van der Waals surface area contributed by atoms with Crippen LogP contribution in [-0.4, -0.2) is 56.7 Å². The van der Waals surface area contributed by atoms with Crippen LogP contribution in [0, 0.1) is 6.92 Å². The zero-order valence-corrected chi connectivity index (χ0v) is 19.6. The molecule has 0 spiro atoms. The smallest absolute Gasteiger partial charge is 0.278 e. The number of benzene rings is 1. The third-order valence-electron chi connectivity index (χ3n) is 4.75. The van der Waals surface area contributed by atoms with Crippen molar-refractivity contribution in [3.05, 3.63) is 75.8 Å². The van der Waals surface area contributed by atoms with Crippen LogP contribution in [0.4, 0.5) is 14.5 Å². The van der Waals surface area contributed by atoms with Crippen LogP contribution in [0.3, 0.4) is 0 Å². The summed E-state index contributed by atoms with van der Waals surface area (Å²) in [5.41, 5.74) is 2.24. The maximum Gasteiger partial charge on any atom is 0.278 e. The molecule has 34 heavy (non-hydrogen) atoms. The van der Waals surface area contributed by atoms with Crippen LogP contribution in [0.25, 0.3) is 0 Å². The molecule has 182 valence electrons. The highest BCUT2D eigenvalue weighted by Crippen LogP contribution is 2.27. The van der Waals surface area contributed by atoms with Gasteiger partial charge in [-0.3, -0.25) is 23.9 Å². The summed E-state index contributed by atoms with van der Waals surface area (Å²) in [6, 6.07) is 4.90. The number of hydrogen-bond acceptors (Lipinski definition) is 5. The molecule has 1 heterocycles. The lowest BCUT2D eigenvalue weighted by atomic mass is 10.1. The van der Waals surface area contributed by atoms with Crippen molar-refractivity contribution in [3.63, 3.8) is 0 Å². The first kappa shape index (κ1) is 26.9. The third-order valence-corrected chi connectivity index (χ3v) is 5.12. The number of halogens is 3. The van der Waals surface area contributed by atoms with Gasteiger partial charge in [0.2, 0.25) is 0 Å². The summed E-state index contributed by atoms with van der Waals surface area (Å²) in [7, 11) is 0.500. The van der Waals surface area contributed by atoms with E-state index >= 15 is 0 Å². The molecule has 7 nitrogen and oxygen atoms in total. The minimum Gasteiger partial charge on any atom is -0.489 e. The number of aryl methyl sites for hydroxylation is 1. The Bertz CT molecular complexity index is 1060. The number of carbonyl (C=O) groups excluding carboxylic acids is 2. The molecule has 1 aliphatic heterocycles. The summed E-state index contributed by atoms with van der Waals surface area (Å²) in [5, 5.41) is 11.3. The zero-order chi connectivity index (χ0) is 25.1. The second-order valence-corrected chi connectivity index (χ2v) is 7.48. The predicted molar refractivity (Wildman–Crippen MR) is 128 cm³/mol. The Kier molecular flexibility index (Phi) is 10.6. The molecule has 1 aliphatic carbocycles. The number of alkyl halides is 1. The number of aliphatic hydroxyl groups excluding tert-OH is 1. The number of nitrogens with zero attached hydrogens (tertiary/aromatic N) is 2. The van der Waals surface area contributed by atoms with Gasteiger partial charge in [-0.1, -0.05) is 35.9 Å². The van der Waals surface area contributed by atoms with Gasteiger partial charge in [0.25, 0.3) is 11.8 Å². The topological polar surface area (TPSA) is 91.2 Å². The summed E-state index contributed by atoms with van der Waals surface area (Å²) in [6.07, 6.45) is 7.99. The molecule has 2 amide bonds. The van der Waals surface area contributed by atoms with Gasteiger partial charge in [0.1, 0.15) is 23.2 Å².